The minimum atomic E-state index is -0.303. The average Bonchev–Trinajstić information content (AvgIpc) is 3.22. The number of carbonyl (C=O) groups excluding carboxylic acids is 1. The highest BCUT2D eigenvalue weighted by Gasteiger charge is 2.16. The van der Waals surface area contributed by atoms with Crippen LogP contribution in [-0.4, -0.2) is 36.9 Å². The van der Waals surface area contributed by atoms with Gasteiger partial charge in [-0.1, -0.05) is 0 Å². The van der Waals surface area contributed by atoms with Crippen molar-refractivity contribution in [1.82, 2.24) is 5.32 Å². The van der Waals surface area contributed by atoms with Crippen LogP contribution in [0.5, 0.6) is 11.5 Å². The quantitative estimate of drug-likeness (QED) is 0.569. The standard InChI is InChI=1S/C21H23BrN2O4S/c1-2-26-19-10-5-14(12-18(19)22)20(25)24-21(29)23-15-6-8-16(9-7-15)28-13-17-4-3-11-27-17/h5-10,12,17H,2-4,11,13H2,1H3,(H2,23,24,25,29). The second-order valence-electron chi connectivity index (χ2n) is 6.46. The average molecular weight is 479 g/mol. The van der Waals surface area contributed by atoms with Crippen LogP contribution in [0.25, 0.3) is 0 Å². The fourth-order valence-electron chi connectivity index (χ4n) is 2.85. The molecule has 2 aromatic carbocycles. The molecular formula is C21H23BrN2O4S. The van der Waals surface area contributed by atoms with Crippen molar-refractivity contribution in [2.45, 2.75) is 25.9 Å². The number of anilines is 1. The molecule has 1 saturated heterocycles. The van der Waals surface area contributed by atoms with Gasteiger partial charge >= 0.3 is 0 Å². The van der Waals surface area contributed by atoms with Crippen LogP contribution in [0.3, 0.4) is 0 Å². The van der Waals surface area contributed by atoms with Gasteiger partial charge in [-0.25, -0.2) is 0 Å². The molecule has 0 aliphatic carbocycles. The van der Waals surface area contributed by atoms with E-state index in [9.17, 15) is 4.79 Å². The number of rotatable bonds is 7. The Morgan fingerprint density at radius 2 is 2.03 bits per heavy atom. The number of nitrogens with one attached hydrogen (secondary N) is 2. The summed E-state index contributed by atoms with van der Waals surface area (Å²) in [7, 11) is 0. The van der Waals surface area contributed by atoms with Crippen molar-refractivity contribution >= 4 is 44.9 Å². The smallest absolute Gasteiger partial charge is 0.257 e. The maximum Gasteiger partial charge on any atom is 0.257 e. The molecule has 1 aliphatic heterocycles. The van der Waals surface area contributed by atoms with E-state index >= 15 is 0 Å². The molecule has 2 aromatic rings. The molecule has 1 unspecified atom stereocenters. The van der Waals surface area contributed by atoms with Crippen LogP contribution < -0.4 is 20.1 Å². The topological polar surface area (TPSA) is 68.8 Å². The zero-order valence-electron chi connectivity index (χ0n) is 16.1. The first-order valence-electron chi connectivity index (χ1n) is 9.44. The van der Waals surface area contributed by atoms with E-state index in [4.69, 9.17) is 26.4 Å². The first-order valence-corrected chi connectivity index (χ1v) is 10.6. The van der Waals surface area contributed by atoms with Gasteiger partial charge in [0.1, 0.15) is 18.1 Å². The Labute approximate surface area is 184 Å². The van der Waals surface area contributed by atoms with Gasteiger partial charge in [-0.15, -0.1) is 0 Å². The predicted octanol–water partition coefficient (Wildman–Crippen LogP) is 4.53. The van der Waals surface area contributed by atoms with Crippen LogP contribution in [0.15, 0.2) is 46.9 Å². The third-order valence-electron chi connectivity index (χ3n) is 4.29. The van der Waals surface area contributed by atoms with Gasteiger partial charge in [0.05, 0.1) is 17.2 Å². The number of amides is 1. The van der Waals surface area contributed by atoms with E-state index < -0.39 is 0 Å². The molecule has 0 spiro atoms. The third kappa shape index (κ3) is 6.42. The summed E-state index contributed by atoms with van der Waals surface area (Å²) in [5.74, 6) is 1.15. The van der Waals surface area contributed by atoms with Crippen molar-refractivity contribution in [2.24, 2.45) is 0 Å². The molecule has 0 aromatic heterocycles. The summed E-state index contributed by atoms with van der Waals surface area (Å²) in [6, 6.07) is 12.5. The highest BCUT2D eigenvalue weighted by molar-refractivity contribution is 9.10. The van der Waals surface area contributed by atoms with E-state index in [1.807, 2.05) is 31.2 Å². The predicted molar refractivity (Wildman–Crippen MR) is 120 cm³/mol. The van der Waals surface area contributed by atoms with Crippen LogP contribution in [0.2, 0.25) is 0 Å². The van der Waals surface area contributed by atoms with Crippen LogP contribution >= 0.6 is 28.1 Å². The van der Waals surface area contributed by atoms with Gasteiger partial charge in [-0.3, -0.25) is 10.1 Å². The zero-order chi connectivity index (χ0) is 20.6. The summed E-state index contributed by atoms with van der Waals surface area (Å²) in [6.45, 7) is 3.82. The molecule has 0 radical (unpaired) electrons. The molecule has 0 saturated carbocycles. The second-order valence-corrected chi connectivity index (χ2v) is 7.72. The Balaban J connectivity index is 1.49. The number of thiocarbonyl (C=S) groups is 1. The summed E-state index contributed by atoms with van der Waals surface area (Å²) < 4.78 is 17.5. The minimum Gasteiger partial charge on any atom is -0.493 e. The zero-order valence-corrected chi connectivity index (χ0v) is 18.5. The number of carbonyl (C=O) groups is 1. The van der Waals surface area contributed by atoms with Crippen molar-refractivity contribution in [3.63, 3.8) is 0 Å². The lowest BCUT2D eigenvalue weighted by Crippen LogP contribution is -2.34. The Morgan fingerprint density at radius 3 is 2.69 bits per heavy atom. The lowest BCUT2D eigenvalue weighted by atomic mass is 10.2. The highest BCUT2D eigenvalue weighted by Crippen LogP contribution is 2.26. The van der Waals surface area contributed by atoms with Gasteiger partial charge in [-0.2, -0.15) is 0 Å². The summed E-state index contributed by atoms with van der Waals surface area (Å²) in [6.07, 6.45) is 2.31. The molecule has 1 atom stereocenters. The van der Waals surface area contributed by atoms with Crippen LogP contribution in [-0.2, 0) is 4.74 Å². The lowest BCUT2D eigenvalue weighted by Gasteiger charge is -2.13. The third-order valence-corrected chi connectivity index (χ3v) is 5.12. The first kappa shape index (κ1) is 21.5. The summed E-state index contributed by atoms with van der Waals surface area (Å²) >= 11 is 8.65. The fraction of sp³-hybridized carbons (Fsp3) is 0.333. The molecule has 1 amide bonds. The van der Waals surface area contributed by atoms with Crippen molar-refractivity contribution < 1.29 is 19.0 Å². The van der Waals surface area contributed by atoms with Crippen LogP contribution in [0, 0.1) is 0 Å². The number of halogens is 1. The molecule has 6 nitrogen and oxygen atoms in total. The van der Waals surface area contributed by atoms with Crippen LogP contribution in [0.4, 0.5) is 5.69 Å². The van der Waals surface area contributed by atoms with Crippen molar-refractivity contribution in [1.29, 1.82) is 0 Å². The van der Waals surface area contributed by atoms with Crippen molar-refractivity contribution in [3.05, 3.63) is 52.5 Å². The summed E-state index contributed by atoms with van der Waals surface area (Å²) in [5.41, 5.74) is 1.23. The van der Waals surface area contributed by atoms with E-state index in [0.29, 0.717) is 29.0 Å². The van der Waals surface area contributed by atoms with Gasteiger partial charge in [-0.05, 0) is 90.4 Å². The van der Waals surface area contributed by atoms with E-state index in [2.05, 4.69) is 26.6 Å². The van der Waals surface area contributed by atoms with Gasteiger partial charge in [0.25, 0.3) is 5.91 Å². The van der Waals surface area contributed by atoms with E-state index in [0.717, 1.165) is 30.9 Å². The van der Waals surface area contributed by atoms with Crippen molar-refractivity contribution in [2.75, 3.05) is 25.1 Å². The number of ether oxygens (including phenoxy) is 3. The Bertz CT molecular complexity index is 854. The molecule has 0 bridgehead atoms. The number of benzene rings is 2. The molecular weight excluding hydrogens is 456 g/mol. The SMILES string of the molecule is CCOc1ccc(C(=O)NC(=S)Nc2ccc(OCC3CCCO3)cc2)cc1Br. The van der Waals surface area contributed by atoms with E-state index in [-0.39, 0.29) is 17.1 Å². The lowest BCUT2D eigenvalue weighted by molar-refractivity contribution is 0.0679. The summed E-state index contributed by atoms with van der Waals surface area (Å²) in [5, 5.41) is 5.88. The second kappa shape index (κ2) is 10.6. The maximum absolute atomic E-state index is 12.4. The molecule has 2 N–H and O–H groups in total. The number of hydrogen-bond donors (Lipinski definition) is 2. The van der Waals surface area contributed by atoms with Crippen molar-refractivity contribution in [3.8, 4) is 11.5 Å². The van der Waals surface area contributed by atoms with E-state index in [1.54, 1.807) is 18.2 Å². The monoisotopic (exact) mass is 478 g/mol. The first-order chi connectivity index (χ1) is 14.0. The molecule has 1 aliphatic rings. The largest absolute Gasteiger partial charge is 0.493 e. The Hall–Kier alpha value is -2.16. The molecule has 8 heteroatoms. The molecule has 1 heterocycles. The Kier molecular flexibility index (Phi) is 7.85. The fourth-order valence-corrected chi connectivity index (χ4v) is 3.56. The molecule has 29 heavy (non-hydrogen) atoms. The number of hydrogen-bond acceptors (Lipinski definition) is 5. The van der Waals surface area contributed by atoms with Gasteiger partial charge in [0.15, 0.2) is 5.11 Å². The Morgan fingerprint density at radius 1 is 1.24 bits per heavy atom. The maximum atomic E-state index is 12.4. The van der Waals surface area contributed by atoms with E-state index in [1.165, 1.54) is 0 Å². The molecule has 3 rings (SSSR count). The summed E-state index contributed by atoms with van der Waals surface area (Å²) in [4.78, 5) is 12.4. The van der Waals surface area contributed by atoms with Crippen LogP contribution in [0.1, 0.15) is 30.1 Å². The van der Waals surface area contributed by atoms with Gasteiger partial charge in [0, 0.05) is 17.9 Å². The minimum absolute atomic E-state index is 0.179. The molecule has 154 valence electrons. The normalized spacial score (nSPS) is 15.6. The highest BCUT2D eigenvalue weighted by atomic mass is 79.9. The van der Waals surface area contributed by atoms with Gasteiger partial charge < -0.3 is 19.5 Å². The van der Waals surface area contributed by atoms with Gasteiger partial charge in [0.2, 0.25) is 0 Å². The molecule has 1 fully saturated rings.